The van der Waals surface area contributed by atoms with Gasteiger partial charge < -0.3 is 5.73 Å². The van der Waals surface area contributed by atoms with Crippen molar-refractivity contribution in [3.05, 3.63) is 0 Å². The molecule has 0 aromatic heterocycles. The highest BCUT2D eigenvalue weighted by Crippen LogP contribution is 2.04. The molecule has 0 fully saturated rings. The SMILES string of the molecule is CCCCCCCCN(N)C(=N)N. The molecule has 0 amide bonds. The maximum atomic E-state index is 7.03. The molecule has 0 radical (unpaired) electrons. The molecule has 0 unspecified atom stereocenters. The lowest BCUT2D eigenvalue weighted by molar-refractivity contribution is 0.409. The molecule has 0 aliphatic heterocycles. The molecule has 0 saturated carbocycles. The largest absolute Gasteiger partial charge is 0.369 e. The lowest BCUT2D eigenvalue weighted by Gasteiger charge is -2.15. The zero-order valence-electron chi connectivity index (χ0n) is 8.55. The second-order valence-electron chi connectivity index (χ2n) is 3.35. The predicted molar refractivity (Wildman–Crippen MR) is 56.2 cm³/mol. The van der Waals surface area contributed by atoms with Crippen molar-refractivity contribution in [1.29, 1.82) is 5.41 Å². The number of hydrogen-bond donors (Lipinski definition) is 3. The fourth-order valence-electron chi connectivity index (χ4n) is 1.18. The van der Waals surface area contributed by atoms with E-state index < -0.39 is 0 Å². The summed E-state index contributed by atoms with van der Waals surface area (Å²) in [5, 5.41) is 8.32. The Morgan fingerprint density at radius 3 is 2.23 bits per heavy atom. The first kappa shape index (κ1) is 12.2. The molecule has 0 spiro atoms. The van der Waals surface area contributed by atoms with E-state index in [0.717, 1.165) is 6.42 Å². The molecule has 0 atom stereocenters. The smallest absolute Gasteiger partial charge is 0.202 e. The Kier molecular flexibility index (Phi) is 7.39. The average Bonchev–Trinajstić information content (AvgIpc) is 2.10. The van der Waals surface area contributed by atoms with Crippen LogP contribution in [0.3, 0.4) is 0 Å². The molecule has 4 heteroatoms. The van der Waals surface area contributed by atoms with E-state index in [-0.39, 0.29) is 5.96 Å². The third-order valence-electron chi connectivity index (χ3n) is 2.06. The highest BCUT2D eigenvalue weighted by atomic mass is 15.4. The number of guanidine groups is 1. The first-order valence-electron chi connectivity index (χ1n) is 5.04. The number of nitrogens with two attached hydrogens (primary N) is 2. The predicted octanol–water partition coefficient (Wildman–Crippen LogP) is 1.42. The second-order valence-corrected chi connectivity index (χ2v) is 3.35. The monoisotopic (exact) mass is 186 g/mol. The number of rotatable bonds is 7. The number of nitrogens with zero attached hydrogens (tertiary/aromatic N) is 1. The maximum absolute atomic E-state index is 7.03. The second kappa shape index (κ2) is 7.86. The molecule has 5 N–H and O–H groups in total. The normalized spacial score (nSPS) is 10.0. The van der Waals surface area contributed by atoms with Gasteiger partial charge in [0.1, 0.15) is 0 Å². The standard InChI is InChI=1S/C9H22N4/c1-2-3-4-5-6-7-8-13(12)9(10)11/h2-8,12H2,1H3,(H3,10,11). The van der Waals surface area contributed by atoms with Gasteiger partial charge in [-0.3, -0.25) is 10.4 Å². The van der Waals surface area contributed by atoms with Crippen LogP contribution in [0.4, 0.5) is 0 Å². The number of unbranched alkanes of at least 4 members (excludes halogenated alkanes) is 5. The van der Waals surface area contributed by atoms with Gasteiger partial charge in [-0.2, -0.15) is 0 Å². The van der Waals surface area contributed by atoms with E-state index in [1.807, 2.05) is 0 Å². The van der Waals surface area contributed by atoms with Gasteiger partial charge in [-0.05, 0) is 6.42 Å². The van der Waals surface area contributed by atoms with Gasteiger partial charge in [-0.1, -0.05) is 39.0 Å². The summed E-state index contributed by atoms with van der Waals surface area (Å²) in [7, 11) is 0. The van der Waals surface area contributed by atoms with E-state index in [9.17, 15) is 0 Å². The molecular weight excluding hydrogens is 164 g/mol. The molecule has 0 aliphatic rings. The summed E-state index contributed by atoms with van der Waals surface area (Å²) in [5.74, 6) is 5.39. The topological polar surface area (TPSA) is 79.1 Å². The summed E-state index contributed by atoms with van der Waals surface area (Å²) >= 11 is 0. The number of hydrazine groups is 1. The Morgan fingerprint density at radius 1 is 1.15 bits per heavy atom. The van der Waals surface area contributed by atoms with Crippen molar-refractivity contribution in [3.8, 4) is 0 Å². The summed E-state index contributed by atoms with van der Waals surface area (Å²) in [4.78, 5) is 0. The lowest BCUT2D eigenvalue weighted by Crippen LogP contribution is -2.42. The summed E-state index contributed by atoms with van der Waals surface area (Å²) in [5.41, 5.74) is 5.18. The minimum Gasteiger partial charge on any atom is -0.369 e. The molecule has 13 heavy (non-hydrogen) atoms. The molecule has 0 aromatic rings. The molecule has 4 nitrogen and oxygen atoms in total. The Labute approximate surface area is 80.8 Å². The van der Waals surface area contributed by atoms with Crippen LogP contribution in [-0.2, 0) is 0 Å². The van der Waals surface area contributed by atoms with E-state index in [1.54, 1.807) is 0 Å². The summed E-state index contributed by atoms with van der Waals surface area (Å²) in [6.07, 6.45) is 7.37. The quantitative estimate of drug-likeness (QED) is 0.185. The van der Waals surface area contributed by atoms with Gasteiger partial charge in [0.2, 0.25) is 5.96 Å². The van der Waals surface area contributed by atoms with Crippen molar-refractivity contribution in [2.45, 2.75) is 45.4 Å². The average molecular weight is 186 g/mol. The van der Waals surface area contributed by atoms with Crippen molar-refractivity contribution in [3.63, 3.8) is 0 Å². The molecule has 0 rings (SSSR count). The zero-order valence-corrected chi connectivity index (χ0v) is 8.55. The van der Waals surface area contributed by atoms with Crippen molar-refractivity contribution in [1.82, 2.24) is 5.01 Å². The van der Waals surface area contributed by atoms with Crippen LogP contribution >= 0.6 is 0 Å². The summed E-state index contributed by atoms with van der Waals surface area (Å²) in [6, 6.07) is 0. The van der Waals surface area contributed by atoms with E-state index in [4.69, 9.17) is 17.0 Å². The summed E-state index contributed by atoms with van der Waals surface area (Å²) in [6.45, 7) is 2.90. The fraction of sp³-hybridized carbons (Fsp3) is 0.889. The van der Waals surface area contributed by atoms with E-state index in [1.165, 1.54) is 37.1 Å². The maximum Gasteiger partial charge on any atom is 0.202 e. The zero-order chi connectivity index (χ0) is 10.1. The van der Waals surface area contributed by atoms with Gasteiger partial charge >= 0.3 is 0 Å². The van der Waals surface area contributed by atoms with Crippen molar-refractivity contribution >= 4 is 5.96 Å². The van der Waals surface area contributed by atoms with Crippen LogP contribution < -0.4 is 11.6 Å². The van der Waals surface area contributed by atoms with Gasteiger partial charge in [0.15, 0.2) is 0 Å². The van der Waals surface area contributed by atoms with Crippen LogP contribution in [0.25, 0.3) is 0 Å². The van der Waals surface area contributed by atoms with Gasteiger partial charge in [-0.15, -0.1) is 0 Å². The molecule has 0 bridgehead atoms. The van der Waals surface area contributed by atoms with Crippen LogP contribution in [0.15, 0.2) is 0 Å². The summed E-state index contributed by atoms with van der Waals surface area (Å²) < 4.78 is 0. The fourth-order valence-corrected chi connectivity index (χ4v) is 1.18. The van der Waals surface area contributed by atoms with Crippen LogP contribution in [0.5, 0.6) is 0 Å². The molecule has 0 heterocycles. The van der Waals surface area contributed by atoms with E-state index in [0.29, 0.717) is 6.54 Å². The third kappa shape index (κ3) is 7.59. The van der Waals surface area contributed by atoms with Gasteiger partial charge in [0, 0.05) is 6.54 Å². The molecule has 0 saturated heterocycles. The van der Waals surface area contributed by atoms with E-state index >= 15 is 0 Å². The minimum absolute atomic E-state index is 0.0476. The number of hydrogen-bond acceptors (Lipinski definition) is 2. The Hall–Kier alpha value is -0.770. The Bertz CT molecular complexity index is 136. The first-order valence-corrected chi connectivity index (χ1v) is 5.04. The lowest BCUT2D eigenvalue weighted by atomic mass is 10.1. The first-order chi connectivity index (χ1) is 6.18. The minimum atomic E-state index is -0.0476. The molecular formula is C9H22N4. The van der Waals surface area contributed by atoms with Gasteiger partial charge in [0.05, 0.1) is 0 Å². The van der Waals surface area contributed by atoms with Crippen LogP contribution in [0.1, 0.15) is 45.4 Å². The highest BCUT2D eigenvalue weighted by molar-refractivity contribution is 5.73. The van der Waals surface area contributed by atoms with Crippen molar-refractivity contribution in [2.75, 3.05) is 6.54 Å². The van der Waals surface area contributed by atoms with Crippen molar-refractivity contribution < 1.29 is 0 Å². The van der Waals surface area contributed by atoms with Crippen LogP contribution in [0, 0.1) is 5.41 Å². The highest BCUT2D eigenvalue weighted by Gasteiger charge is 1.98. The molecule has 78 valence electrons. The Morgan fingerprint density at radius 2 is 1.69 bits per heavy atom. The van der Waals surface area contributed by atoms with Crippen molar-refractivity contribution in [2.24, 2.45) is 11.6 Å². The van der Waals surface area contributed by atoms with E-state index in [2.05, 4.69) is 6.92 Å². The number of nitrogens with one attached hydrogen (secondary N) is 1. The van der Waals surface area contributed by atoms with Gasteiger partial charge in [0.25, 0.3) is 0 Å². The van der Waals surface area contributed by atoms with Crippen LogP contribution in [0.2, 0.25) is 0 Å². The Balaban J connectivity index is 3.11. The molecule has 0 aliphatic carbocycles. The third-order valence-corrected chi connectivity index (χ3v) is 2.06. The molecule has 0 aromatic carbocycles. The van der Waals surface area contributed by atoms with Crippen LogP contribution in [-0.4, -0.2) is 17.5 Å². The van der Waals surface area contributed by atoms with Gasteiger partial charge in [-0.25, -0.2) is 5.84 Å².